The van der Waals surface area contributed by atoms with E-state index in [0.29, 0.717) is 18.9 Å². The molecule has 0 aliphatic carbocycles. The van der Waals surface area contributed by atoms with Crippen molar-refractivity contribution in [3.8, 4) is 0 Å². The molecule has 1 unspecified atom stereocenters. The maximum atomic E-state index is 12.2. The highest BCUT2D eigenvalue weighted by Crippen LogP contribution is 2.17. The Hall–Kier alpha value is -1.71. The lowest BCUT2D eigenvalue weighted by atomic mass is 10.00. The Morgan fingerprint density at radius 1 is 1.33 bits per heavy atom. The van der Waals surface area contributed by atoms with Gasteiger partial charge < -0.3 is 15.1 Å². The number of piperidine rings is 1. The lowest BCUT2D eigenvalue weighted by Crippen LogP contribution is -2.39. The molecule has 0 radical (unpaired) electrons. The summed E-state index contributed by atoms with van der Waals surface area (Å²) in [6, 6.07) is 8.28. The maximum absolute atomic E-state index is 12.2. The summed E-state index contributed by atoms with van der Waals surface area (Å²) in [5.41, 5.74) is 2.25. The first-order valence-corrected chi connectivity index (χ1v) is 7.85. The minimum atomic E-state index is 0.277. The van der Waals surface area contributed by atoms with Gasteiger partial charge in [-0.1, -0.05) is 6.92 Å². The molecule has 1 aromatic rings. The van der Waals surface area contributed by atoms with Crippen molar-refractivity contribution in [2.75, 3.05) is 43.9 Å². The molecule has 2 rings (SSSR count). The molecule has 1 fully saturated rings. The molecule has 116 valence electrons. The Morgan fingerprint density at radius 3 is 2.67 bits per heavy atom. The van der Waals surface area contributed by atoms with Gasteiger partial charge in [-0.2, -0.15) is 0 Å². The summed E-state index contributed by atoms with van der Waals surface area (Å²) in [6.45, 7) is 4.78. The minimum Gasteiger partial charge on any atom is -0.385 e. The second-order valence-electron chi connectivity index (χ2n) is 6.21. The molecule has 1 aliphatic heterocycles. The van der Waals surface area contributed by atoms with E-state index in [9.17, 15) is 4.79 Å². The number of hydrogen-bond donors (Lipinski definition) is 1. The number of carbonyl (C=O) groups excluding carboxylic acids is 1. The highest BCUT2D eigenvalue weighted by atomic mass is 16.2. The Bertz CT molecular complexity index is 456. The van der Waals surface area contributed by atoms with Gasteiger partial charge in [0.25, 0.3) is 0 Å². The fourth-order valence-electron chi connectivity index (χ4n) is 2.77. The number of nitrogens with one attached hydrogen (secondary N) is 1. The molecule has 1 heterocycles. The van der Waals surface area contributed by atoms with Crippen LogP contribution in [0.4, 0.5) is 11.4 Å². The third-order valence-corrected chi connectivity index (χ3v) is 4.06. The Morgan fingerprint density at radius 2 is 2.05 bits per heavy atom. The zero-order valence-electron chi connectivity index (χ0n) is 13.4. The van der Waals surface area contributed by atoms with Crippen LogP contribution in [-0.2, 0) is 4.79 Å². The van der Waals surface area contributed by atoms with Crippen molar-refractivity contribution in [3.05, 3.63) is 24.3 Å². The van der Waals surface area contributed by atoms with Crippen molar-refractivity contribution in [1.29, 1.82) is 0 Å². The smallest absolute Gasteiger partial charge is 0.224 e. The first kappa shape index (κ1) is 15.7. The number of carbonyl (C=O) groups is 1. The minimum absolute atomic E-state index is 0.277. The van der Waals surface area contributed by atoms with Gasteiger partial charge >= 0.3 is 0 Å². The van der Waals surface area contributed by atoms with Gasteiger partial charge in [0.2, 0.25) is 5.91 Å². The average Bonchev–Trinajstić information content (AvgIpc) is 2.47. The van der Waals surface area contributed by atoms with E-state index in [2.05, 4.69) is 41.4 Å². The van der Waals surface area contributed by atoms with Crippen LogP contribution in [0.2, 0.25) is 0 Å². The second-order valence-corrected chi connectivity index (χ2v) is 6.21. The highest BCUT2D eigenvalue weighted by Gasteiger charge is 2.20. The summed E-state index contributed by atoms with van der Waals surface area (Å²) < 4.78 is 0. The maximum Gasteiger partial charge on any atom is 0.224 e. The van der Waals surface area contributed by atoms with Gasteiger partial charge in [-0.05, 0) is 43.0 Å². The van der Waals surface area contributed by atoms with Crippen molar-refractivity contribution in [2.24, 2.45) is 5.92 Å². The first-order chi connectivity index (χ1) is 10.1. The van der Waals surface area contributed by atoms with E-state index < -0.39 is 0 Å². The summed E-state index contributed by atoms with van der Waals surface area (Å²) in [6.07, 6.45) is 2.97. The zero-order valence-corrected chi connectivity index (χ0v) is 13.4. The Balaban J connectivity index is 1.74. The van der Waals surface area contributed by atoms with Crippen LogP contribution < -0.4 is 10.2 Å². The standard InChI is InChI=1S/C17H27N3O/c1-14-5-4-12-20(13-14)17(21)10-11-18-15-6-8-16(9-7-15)19(2)3/h6-9,14,18H,4-5,10-13H2,1-3H3. The average molecular weight is 289 g/mol. The summed E-state index contributed by atoms with van der Waals surface area (Å²) in [5.74, 6) is 0.924. The number of likely N-dealkylation sites (tertiary alicyclic amines) is 1. The molecule has 0 bridgehead atoms. The zero-order chi connectivity index (χ0) is 15.2. The quantitative estimate of drug-likeness (QED) is 0.905. The highest BCUT2D eigenvalue weighted by molar-refractivity contribution is 5.76. The monoisotopic (exact) mass is 289 g/mol. The van der Waals surface area contributed by atoms with E-state index in [1.165, 1.54) is 12.1 Å². The van der Waals surface area contributed by atoms with Crippen molar-refractivity contribution in [2.45, 2.75) is 26.2 Å². The molecule has 1 aromatic carbocycles. The summed E-state index contributed by atoms with van der Waals surface area (Å²) in [7, 11) is 4.06. The van der Waals surface area contributed by atoms with Gasteiger partial charge in [0.05, 0.1) is 0 Å². The number of hydrogen-bond acceptors (Lipinski definition) is 3. The molecule has 4 heteroatoms. The van der Waals surface area contributed by atoms with Gasteiger partial charge in [-0.15, -0.1) is 0 Å². The van der Waals surface area contributed by atoms with Crippen molar-refractivity contribution in [1.82, 2.24) is 4.90 Å². The van der Waals surface area contributed by atoms with E-state index in [1.807, 2.05) is 19.0 Å². The Labute approximate surface area is 128 Å². The summed E-state index contributed by atoms with van der Waals surface area (Å²) in [5, 5.41) is 3.33. The van der Waals surface area contributed by atoms with Gasteiger partial charge in [0.1, 0.15) is 0 Å². The molecule has 0 aromatic heterocycles. The molecule has 1 aliphatic rings. The molecule has 1 N–H and O–H groups in total. The fourth-order valence-corrected chi connectivity index (χ4v) is 2.77. The van der Waals surface area contributed by atoms with E-state index in [1.54, 1.807) is 0 Å². The van der Waals surface area contributed by atoms with E-state index in [4.69, 9.17) is 0 Å². The number of benzene rings is 1. The molecule has 21 heavy (non-hydrogen) atoms. The lowest BCUT2D eigenvalue weighted by molar-refractivity contribution is -0.132. The third-order valence-electron chi connectivity index (χ3n) is 4.06. The number of amides is 1. The molecule has 1 saturated heterocycles. The summed E-state index contributed by atoms with van der Waals surface area (Å²) in [4.78, 5) is 16.2. The lowest BCUT2D eigenvalue weighted by Gasteiger charge is -2.31. The van der Waals surface area contributed by atoms with Crippen LogP contribution in [0.5, 0.6) is 0 Å². The van der Waals surface area contributed by atoms with Crippen molar-refractivity contribution < 1.29 is 4.79 Å². The topological polar surface area (TPSA) is 35.6 Å². The first-order valence-electron chi connectivity index (χ1n) is 7.85. The van der Waals surface area contributed by atoms with Gasteiger partial charge in [-0.25, -0.2) is 0 Å². The van der Waals surface area contributed by atoms with Crippen LogP contribution in [0.3, 0.4) is 0 Å². The van der Waals surface area contributed by atoms with Crippen LogP contribution in [0.15, 0.2) is 24.3 Å². The predicted molar refractivity (Wildman–Crippen MR) is 88.9 cm³/mol. The fraction of sp³-hybridized carbons (Fsp3) is 0.588. The van der Waals surface area contributed by atoms with Gasteiger partial charge in [-0.3, -0.25) is 4.79 Å². The normalized spacial score (nSPS) is 18.4. The molecular formula is C17H27N3O. The van der Waals surface area contributed by atoms with Crippen molar-refractivity contribution >= 4 is 17.3 Å². The number of anilines is 2. The van der Waals surface area contributed by atoms with Crippen LogP contribution >= 0.6 is 0 Å². The molecule has 4 nitrogen and oxygen atoms in total. The van der Waals surface area contributed by atoms with E-state index in [-0.39, 0.29) is 5.91 Å². The predicted octanol–water partition coefficient (Wildman–Crippen LogP) is 2.81. The SMILES string of the molecule is CC1CCCN(C(=O)CCNc2ccc(N(C)C)cc2)C1. The molecule has 1 atom stereocenters. The molecule has 0 spiro atoms. The van der Waals surface area contributed by atoms with Gasteiger partial charge in [0.15, 0.2) is 0 Å². The van der Waals surface area contributed by atoms with Crippen LogP contribution in [-0.4, -0.2) is 44.5 Å². The second kappa shape index (κ2) is 7.34. The third kappa shape index (κ3) is 4.66. The van der Waals surface area contributed by atoms with Crippen molar-refractivity contribution in [3.63, 3.8) is 0 Å². The van der Waals surface area contributed by atoms with Gasteiger partial charge in [0, 0.05) is 51.5 Å². The van der Waals surface area contributed by atoms with E-state index >= 15 is 0 Å². The largest absolute Gasteiger partial charge is 0.385 e. The summed E-state index contributed by atoms with van der Waals surface area (Å²) >= 11 is 0. The molecular weight excluding hydrogens is 262 g/mol. The molecule has 1 amide bonds. The number of rotatable bonds is 5. The molecule has 0 saturated carbocycles. The number of nitrogens with zero attached hydrogens (tertiary/aromatic N) is 2. The van der Waals surface area contributed by atoms with Crippen LogP contribution in [0, 0.1) is 5.92 Å². The Kier molecular flexibility index (Phi) is 5.48. The van der Waals surface area contributed by atoms with Crippen LogP contribution in [0.1, 0.15) is 26.2 Å². The van der Waals surface area contributed by atoms with E-state index in [0.717, 1.165) is 25.2 Å². The van der Waals surface area contributed by atoms with Crippen LogP contribution in [0.25, 0.3) is 0 Å².